The van der Waals surface area contributed by atoms with E-state index >= 15 is 0 Å². The van der Waals surface area contributed by atoms with Crippen LogP contribution < -0.4 is 5.32 Å². The zero-order valence-corrected chi connectivity index (χ0v) is 10.4. The Labute approximate surface area is 102 Å². The first-order valence-electron chi connectivity index (χ1n) is 5.73. The fourth-order valence-electron chi connectivity index (χ4n) is 2.37. The van der Waals surface area contributed by atoms with Gasteiger partial charge in [-0.2, -0.15) is 0 Å². The molecule has 0 spiro atoms. The molecule has 3 heteroatoms. The van der Waals surface area contributed by atoms with Gasteiger partial charge in [-0.15, -0.1) is 0 Å². The standard InChI is InChI=1S/C13H18ClNO/c1-16-8-4-7-13(9-15-10-13)11-5-2-3-6-12(11)14/h2-3,5-6,15H,4,7-10H2,1H3. The third-order valence-corrected chi connectivity index (χ3v) is 3.71. The minimum absolute atomic E-state index is 0.233. The fourth-order valence-corrected chi connectivity index (χ4v) is 2.71. The van der Waals surface area contributed by atoms with Gasteiger partial charge in [-0.25, -0.2) is 0 Å². The van der Waals surface area contributed by atoms with Crippen molar-refractivity contribution in [1.29, 1.82) is 0 Å². The van der Waals surface area contributed by atoms with Gasteiger partial charge in [0.05, 0.1) is 0 Å². The first-order chi connectivity index (χ1) is 7.78. The van der Waals surface area contributed by atoms with E-state index in [1.54, 1.807) is 7.11 Å². The lowest BCUT2D eigenvalue weighted by Gasteiger charge is -2.44. The summed E-state index contributed by atoms with van der Waals surface area (Å²) in [6.07, 6.45) is 2.22. The molecular formula is C13H18ClNO. The normalized spacial score (nSPS) is 18.1. The molecule has 0 bridgehead atoms. The van der Waals surface area contributed by atoms with Crippen molar-refractivity contribution >= 4 is 11.6 Å². The summed E-state index contributed by atoms with van der Waals surface area (Å²) in [6.45, 7) is 2.88. The van der Waals surface area contributed by atoms with Crippen molar-refractivity contribution in [3.8, 4) is 0 Å². The summed E-state index contributed by atoms with van der Waals surface area (Å²) in [7, 11) is 1.75. The second-order valence-corrected chi connectivity index (χ2v) is 4.87. The van der Waals surface area contributed by atoms with Crippen LogP contribution in [0.15, 0.2) is 24.3 Å². The Hall–Kier alpha value is -0.570. The monoisotopic (exact) mass is 239 g/mol. The van der Waals surface area contributed by atoms with Crippen LogP contribution in [0.3, 0.4) is 0 Å². The molecule has 1 aliphatic heterocycles. The number of hydrogen-bond acceptors (Lipinski definition) is 2. The van der Waals surface area contributed by atoms with Gasteiger partial charge in [-0.3, -0.25) is 0 Å². The molecule has 1 aliphatic rings. The maximum Gasteiger partial charge on any atom is 0.0462 e. The second kappa shape index (κ2) is 5.17. The summed E-state index contributed by atoms with van der Waals surface area (Å²) < 4.78 is 5.12. The Balaban J connectivity index is 2.12. The molecule has 88 valence electrons. The smallest absolute Gasteiger partial charge is 0.0462 e. The van der Waals surface area contributed by atoms with Gasteiger partial charge >= 0.3 is 0 Å². The third kappa shape index (κ3) is 2.24. The molecular weight excluding hydrogens is 222 g/mol. The Morgan fingerprint density at radius 1 is 1.38 bits per heavy atom. The van der Waals surface area contributed by atoms with Crippen molar-refractivity contribution < 1.29 is 4.74 Å². The molecule has 0 amide bonds. The molecule has 2 nitrogen and oxygen atoms in total. The van der Waals surface area contributed by atoms with Gasteiger partial charge in [-0.1, -0.05) is 29.8 Å². The summed E-state index contributed by atoms with van der Waals surface area (Å²) in [4.78, 5) is 0. The molecule has 1 fully saturated rings. The zero-order chi connectivity index (χ0) is 11.4. The Kier molecular flexibility index (Phi) is 3.85. The minimum Gasteiger partial charge on any atom is -0.385 e. The van der Waals surface area contributed by atoms with Crippen molar-refractivity contribution in [1.82, 2.24) is 5.32 Å². The Morgan fingerprint density at radius 2 is 2.12 bits per heavy atom. The van der Waals surface area contributed by atoms with Crippen LogP contribution in [0.25, 0.3) is 0 Å². The maximum absolute atomic E-state index is 6.28. The molecule has 0 radical (unpaired) electrons. The zero-order valence-electron chi connectivity index (χ0n) is 9.63. The lowest BCUT2D eigenvalue weighted by molar-refractivity contribution is 0.168. The number of methoxy groups -OCH3 is 1. The van der Waals surface area contributed by atoms with Crippen LogP contribution in [0.4, 0.5) is 0 Å². The van der Waals surface area contributed by atoms with E-state index in [2.05, 4.69) is 17.4 Å². The van der Waals surface area contributed by atoms with E-state index in [9.17, 15) is 0 Å². The van der Waals surface area contributed by atoms with Crippen molar-refractivity contribution in [3.63, 3.8) is 0 Å². The van der Waals surface area contributed by atoms with Gasteiger partial charge in [0, 0.05) is 37.2 Å². The molecule has 1 saturated heterocycles. The van der Waals surface area contributed by atoms with Crippen molar-refractivity contribution in [2.75, 3.05) is 26.8 Å². The lowest BCUT2D eigenvalue weighted by Crippen LogP contribution is -2.57. The fraction of sp³-hybridized carbons (Fsp3) is 0.538. The van der Waals surface area contributed by atoms with E-state index in [0.29, 0.717) is 0 Å². The SMILES string of the molecule is COCCCC1(c2ccccc2Cl)CNC1. The van der Waals surface area contributed by atoms with Crippen LogP contribution >= 0.6 is 11.6 Å². The second-order valence-electron chi connectivity index (χ2n) is 4.46. The number of rotatable bonds is 5. The van der Waals surface area contributed by atoms with E-state index < -0.39 is 0 Å². The van der Waals surface area contributed by atoms with Crippen LogP contribution in [-0.4, -0.2) is 26.8 Å². The van der Waals surface area contributed by atoms with Crippen molar-refractivity contribution in [2.24, 2.45) is 0 Å². The average Bonchev–Trinajstić information content (AvgIpc) is 2.24. The highest BCUT2D eigenvalue weighted by Gasteiger charge is 2.39. The molecule has 1 aromatic rings. The van der Waals surface area contributed by atoms with Gasteiger partial charge in [-0.05, 0) is 24.5 Å². The van der Waals surface area contributed by atoms with E-state index in [4.69, 9.17) is 16.3 Å². The quantitative estimate of drug-likeness (QED) is 0.798. The van der Waals surface area contributed by atoms with Gasteiger partial charge in [0.1, 0.15) is 0 Å². The topological polar surface area (TPSA) is 21.3 Å². The number of ether oxygens (including phenoxy) is 1. The molecule has 0 saturated carbocycles. The molecule has 16 heavy (non-hydrogen) atoms. The highest BCUT2D eigenvalue weighted by atomic mass is 35.5. The first kappa shape index (κ1) is 11.9. The predicted octanol–water partition coefficient (Wildman–Crippen LogP) is 2.61. The summed E-state index contributed by atoms with van der Waals surface area (Å²) in [5, 5.41) is 4.25. The van der Waals surface area contributed by atoms with Crippen molar-refractivity contribution in [2.45, 2.75) is 18.3 Å². The average molecular weight is 240 g/mol. The number of hydrogen-bond donors (Lipinski definition) is 1. The van der Waals surface area contributed by atoms with E-state index in [1.165, 1.54) is 5.56 Å². The summed E-state index contributed by atoms with van der Waals surface area (Å²) >= 11 is 6.28. The molecule has 2 rings (SSSR count). The molecule has 0 unspecified atom stereocenters. The van der Waals surface area contributed by atoms with E-state index in [-0.39, 0.29) is 5.41 Å². The largest absolute Gasteiger partial charge is 0.385 e. The van der Waals surface area contributed by atoms with Crippen LogP contribution in [0.1, 0.15) is 18.4 Å². The van der Waals surface area contributed by atoms with E-state index in [0.717, 1.165) is 37.6 Å². The summed E-state index contributed by atoms with van der Waals surface area (Å²) in [5.74, 6) is 0. The van der Waals surface area contributed by atoms with Crippen LogP contribution in [-0.2, 0) is 10.2 Å². The molecule has 0 aromatic heterocycles. The number of nitrogens with one attached hydrogen (secondary N) is 1. The Morgan fingerprint density at radius 3 is 2.69 bits per heavy atom. The minimum atomic E-state index is 0.233. The summed E-state index contributed by atoms with van der Waals surface area (Å²) in [6, 6.07) is 8.18. The van der Waals surface area contributed by atoms with Gasteiger partial charge in [0.15, 0.2) is 0 Å². The number of benzene rings is 1. The molecule has 0 aliphatic carbocycles. The third-order valence-electron chi connectivity index (χ3n) is 3.38. The van der Waals surface area contributed by atoms with Gasteiger partial charge < -0.3 is 10.1 Å². The highest BCUT2D eigenvalue weighted by molar-refractivity contribution is 6.31. The summed E-state index contributed by atoms with van der Waals surface area (Å²) in [5.41, 5.74) is 1.52. The molecule has 1 aromatic carbocycles. The maximum atomic E-state index is 6.28. The van der Waals surface area contributed by atoms with Crippen LogP contribution in [0.2, 0.25) is 5.02 Å². The van der Waals surface area contributed by atoms with E-state index in [1.807, 2.05) is 12.1 Å². The Bertz CT molecular complexity index is 350. The molecule has 0 atom stereocenters. The van der Waals surface area contributed by atoms with Crippen molar-refractivity contribution in [3.05, 3.63) is 34.9 Å². The van der Waals surface area contributed by atoms with Gasteiger partial charge in [0.25, 0.3) is 0 Å². The molecule has 1 N–H and O–H groups in total. The predicted molar refractivity (Wildman–Crippen MR) is 67.1 cm³/mol. The van der Waals surface area contributed by atoms with Crippen LogP contribution in [0, 0.1) is 0 Å². The van der Waals surface area contributed by atoms with Crippen LogP contribution in [0.5, 0.6) is 0 Å². The lowest BCUT2D eigenvalue weighted by atomic mass is 9.72. The molecule has 1 heterocycles. The highest BCUT2D eigenvalue weighted by Crippen LogP contribution is 2.37. The first-order valence-corrected chi connectivity index (χ1v) is 6.11. The number of halogens is 1. The van der Waals surface area contributed by atoms with Gasteiger partial charge in [0.2, 0.25) is 0 Å².